The van der Waals surface area contributed by atoms with Gasteiger partial charge in [0, 0.05) is 6.42 Å². The van der Waals surface area contributed by atoms with Crippen LogP contribution in [0, 0.1) is 0 Å². The van der Waals surface area contributed by atoms with E-state index in [9.17, 15) is 15.0 Å². The van der Waals surface area contributed by atoms with Gasteiger partial charge in [0.15, 0.2) is 0 Å². The van der Waals surface area contributed by atoms with Crippen LogP contribution in [0.25, 0.3) is 0 Å². The summed E-state index contributed by atoms with van der Waals surface area (Å²) in [4.78, 5) is 12.3. The zero-order valence-electron chi connectivity index (χ0n) is 35.0. The fraction of sp³-hybridized carbons (Fsp3) is 0.735. The highest BCUT2D eigenvalue weighted by molar-refractivity contribution is 5.76. The van der Waals surface area contributed by atoms with Crippen molar-refractivity contribution in [2.24, 2.45) is 0 Å². The second kappa shape index (κ2) is 44.2. The number of carbonyl (C=O) groups excluding carboxylic acids is 1. The van der Waals surface area contributed by atoms with Crippen LogP contribution in [-0.4, -0.2) is 34.9 Å². The summed E-state index contributed by atoms with van der Waals surface area (Å²) in [5.74, 6) is -0.0705. The van der Waals surface area contributed by atoms with Crippen LogP contribution in [0.5, 0.6) is 0 Å². The number of amides is 1. The Morgan fingerprint density at radius 3 is 1.25 bits per heavy atom. The van der Waals surface area contributed by atoms with Crippen molar-refractivity contribution in [2.45, 2.75) is 225 Å². The Hall–Kier alpha value is -2.17. The van der Waals surface area contributed by atoms with Crippen molar-refractivity contribution in [1.82, 2.24) is 5.32 Å². The predicted octanol–water partition coefficient (Wildman–Crippen LogP) is 14.3. The Morgan fingerprint density at radius 1 is 0.472 bits per heavy atom. The zero-order chi connectivity index (χ0) is 38.6. The largest absolute Gasteiger partial charge is 0.394 e. The van der Waals surface area contributed by atoms with Crippen molar-refractivity contribution in [3.8, 4) is 0 Å². The summed E-state index contributed by atoms with van der Waals surface area (Å²) in [6.45, 7) is 4.11. The van der Waals surface area contributed by atoms with Gasteiger partial charge < -0.3 is 15.5 Å². The third kappa shape index (κ3) is 40.8. The summed E-state index contributed by atoms with van der Waals surface area (Å²) in [5, 5.41) is 22.7. The van der Waals surface area contributed by atoms with Crippen LogP contribution in [-0.2, 0) is 4.79 Å². The second-order valence-corrected chi connectivity index (χ2v) is 15.1. The van der Waals surface area contributed by atoms with Gasteiger partial charge in [-0.15, -0.1) is 0 Å². The SMILES string of the molecule is CC/C=C\C/C=C\C/C=C\C/C=C\C/C=C\CCCCCCCCCCCCCCCCCCCCCC(=O)NC(CO)C(O)/C=C/CCCCCC. The van der Waals surface area contributed by atoms with Crippen molar-refractivity contribution in [3.63, 3.8) is 0 Å². The predicted molar refractivity (Wildman–Crippen MR) is 234 cm³/mol. The molecule has 0 aliphatic rings. The highest BCUT2D eigenvalue weighted by Gasteiger charge is 2.17. The Morgan fingerprint density at radius 2 is 0.830 bits per heavy atom. The molecule has 3 N–H and O–H groups in total. The van der Waals surface area contributed by atoms with Crippen molar-refractivity contribution in [3.05, 3.63) is 72.9 Å². The molecule has 0 spiro atoms. The molecule has 0 fully saturated rings. The molecule has 4 nitrogen and oxygen atoms in total. The van der Waals surface area contributed by atoms with Crippen LogP contribution in [0.1, 0.15) is 213 Å². The lowest BCUT2D eigenvalue weighted by Crippen LogP contribution is -2.45. The average molecular weight is 738 g/mol. The fourth-order valence-electron chi connectivity index (χ4n) is 6.50. The molecule has 2 unspecified atom stereocenters. The van der Waals surface area contributed by atoms with Crippen molar-refractivity contribution in [2.75, 3.05) is 6.61 Å². The van der Waals surface area contributed by atoms with Gasteiger partial charge in [-0.25, -0.2) is 0 Å². The molecule has 4 heteroatoms. The first kappa shape index (κ1) is 50.8. The smallest absolute Gasteiger partial charge is 0.220 e. The number of aliphatic hydroxyl groups is 2. The third-order valence-corrected chi connectivity index (χ3v) is 9.95. The van der Waals surface area contributed by atoms with Gasteiger partial charge in [-0.1, -0.05) is 215 Å². The topological polar surface area (TPSA) is 69.6 Å². The number of aliphatic hydroxyl groups excluding tert-OH is 2. The fourth-order valence-corrected chi connectivity index (χ4v) is 6.50. The maximum atomic E-state index is 12.3. The minimum Gasteiger partial charge on any atom is -0.394 e. The average Bonchev–Trinajstić information content (AvgIpc) is 3.16. The molecule has 1 amide bonds. The summed E-state index contributed by atoms with van der Waals surface area (Å²) in [7, 11) is 0. The molecule has 0 saturated carbocycles. The quantitative estimate of drug-likeness (QED) is 0.0433. The standard InChI is InChI=1S/C49H87NO3/c1-3-5-7-9-11-12-13-14-15-16-17-18-19-20-21-22-23-24-25-26-27-28-29-30-31-32-33-34-35-36-37-38-39-41-43-45-49(53)50-47(46-51)48(52)44-42-40-10-8-6-4-2/h5,7,11-12,14-15,17-18,20-21,42,44,47-48,51-52H,3-4,6,8-10,13,16,19,22-41,43,45-46H2,1-2H3,(H,50,53)/b7-5-,12-11-,15-14-,18-17-,21-20-,44-42+. The molecule has 0 aromatic rings. The highest BCUT2D eigenvalue weighted by atomic mass is 16.3. The number of hydrogen-bond acceptors (Lipinski definition) is 3. The molecule has 53 heavy (non-hydrogen) atoms. The maximum Gasteiger partial charge on any atom is 0.220 e. The summed E-state index contributed by atoms with van der Waals surface area (Å²) >= 11 is 0. The summed E-state index contributed by atoms with van der Waals surface area (Å²) in [5.41, 5.74) is 0. The normalized spacial score (nSPS) is 13.7. The molecule has 0 saturated heterocycles. The highest BCUT2D eigenvalue weighted by Crippen LogP contribution is 2.15. The summed E-state index contributed by atoms with van der Waals surface area (Å²) in [6.07, 6.45) is 63.4. The van der Waals surface area contributed by atoms with E-state index < -0.39 is 12.1 Å². The molecule has 0 bridgehead atoms. The van der Waals surface area contributed by atoms with Gasteiger partial charge in [-0.2, -0.15) is 0 Å². The molecule has 306 valence electrons. The van der Waals surface area contributed by atoms with Crippen molar-refractivity contribution < 1.29 is 15.0 Å². The second-order valence-electron chi connectivity index (χ2n) is 15.1. The van der Waals surface area contributed by atoms with Crippen LogP contribution in [0.2, 0.25) is 0 Å². The summed E-state index contributed by atoms with van der Waals surface area (Å²) < 4.78 is 0. The first-order valence-electron chi connectivity index (χ1n) is 22.7. The molecule has 0 radical (unpaired) electrons. The van der Waals surface area contributed by atoms with E-state index >= 15 is 0 Å². The minimum atomic E-state index is -0.835. The molecule has 0 aliphatic carbocycles. The van der Waals surface area contributed by atoms with Crippen LogP contribution in [0.15, 0.2) is 72.9 Å². The lowest BCUT2D eigenvalue weighted by atomic mass is 10.0. The Balaban J connectivity index is 3.41. The van der Waals surface area contributed by atoms with E-state index in [1.165, 1.54) is 135 Å². The minimum absolute atomic E-state index is 0.0705. The van der Waals surface area contributed by atoms with Crippen LogP contribution < -0.4 is 5.32 Å². The number of nitrogens with one attached hydrogen (secondary N) is 1. The van der Waals surface area contributed by atoms with Gasteiger partial charge >= 0.3 is 0 Å². The van der Waals surface area contributed by atoms with E-state index in [1.807, 2.05) is 6.08 Å². The van der Waals surface area contributed by atoms with Gasteiger partial charge in [0.05, 0.1) is 18.8 Å². The van der Waals surface area contributed by atoms with E-state index in [-0.39, 0.29) is 12.5 Å². The Kier molecular flexibility index (Phi) is 42.4. The molecular weight excluding hydrogens is 651 g/mol. The molecule has 2 atom stereocenters. The van der Waals surface area contributed by atoms with E-state index in [0.717, 1.165) is 57.8 Å². The molecule has 0 heterocycles. The molecule has 0 aliphatic heterocycles. The van der Waals surface area contributed by atoms with Crippen molar-refractivity contribution >= 4 is 5.91 Å². The number of rotatable bonds is 40. The van der Waals surface area contributed by atoms with Crippen molar-refractivity contribution in [1.29, 1.82) is 0 Å². The lowest BCUT2D eigenvalue weighted by Gasteiger charge is -2.20. The van der Waals surface area contributed by atoms with Crippen LogP contribution in [0.3, 0.4) is 0 Å². The molecule has 0 aromatic carbocycles. The van der Waals surface area contributed by atoms with E-state index in [1.54, 1.807) is 6.08 Å². The van der Waals surface area contributed by atoms with Gasteiger partial charge in [0.25, 0.3) is 0 Å². The summed E-state index contributed by atoms with van der Waals surface area (Å²) in [6, 6.07) is -0.619. The van der Waals surface area contributed by atoms with Gasteiger partial charge in [0.2, 0.25) is 5.91 Å². The number of hydrogen-bond donors (Lipinski definition) is 3. The van der Waals surface area contributed by atoms with E-state index in [4.69, 9.17) is 0 Å². The molecular formula is C49H87NO3. The maximum absolute atomic E-state index is 12.3. The Labute approximate surface area is 329 Å². The number of unbranched alkanes of at least 4 members (excludes halogenated alkanes) is 23. The third-order valence-electron chi connectivity index (χ3n) is 9.95. The molecule has 0 aromatic heterocycles. The van der Waals surface area contributed by atoms with Crippen LogP contribution >= 0.6 is 0 Å². The van der Waals surface area contributed by atoms with E-state index in [2.05, 4.69) is 79.9 Å². The van der Waals surface area contributed by atoms with Gasteiger partial charge in [-0.05, 0) is 64.2 Å². The first-order valence-corrected chi connectivity index (χ1v) is 22.7. The lowest BCUT2D eigenvalue weighted by molar-refractivity contribution is -0.123. The number of allylic oxidation sites excluding steroid dienone is 11. The molecule has 0 rings (SSSR count). The zero-order valence-corrected chi connectivity index (χ0v) is 35.0. The van der Waals surface area contributed by atoms with Gasteiger partial charge in [-0.3, -0.25) is 4.79 Å². The van der Waals surface area contributed by atoms with Crippen LogP contribution in [0.4, 0.5) is 0 Å². The first-order chi connectivity index (χ1) is 26.2. The van der Waals surface area contributed by atoms with E-state index in [0.29, 0.717) is 6.42 Å². The Bertz CT molecular complexity index is 930. The number of carbonyl (C=O) groups is 1. The monoisotopic (exact) mass is 738 g/mol. The van der Waals surface area contributed by atoms with Gasteiger partial charge in [0.1, 0.15) is 0 Å².